The van der Waals surface area contributed by atoms with Crippen molar-refractivity contribution < 1.29 is 9.53 Å². The van der Waals surface area contributed by atoms with Crippen LogP contribution in [0.3, 0.4) is 0 Å². The van der Waals surface area contributed by atoms with Crippen molar-refractivity contribution in [3.63, 3.8) is 0 Å². The van der Waals surface area contributed by atoms with Crippen molar-refractivity contribution in [2.24, 2.45) is 0 Å². The molecule has 1 saturated carbocycles. The smallest absolute Gasteiger partial charge is 0.262 e. The molecule has 2 heterocycles. The summed E-state index contributed by atoms with van der Waals surface area (Å²) in [5.41, 5.74) is 0.632. The molecule has 2 aromatic rings. The van der Waals surface area contributed by atoms with Gasteiger partial charge in [0.15, 0.2) is 5.16 Å². The first-order valence-electron chi connectivity index (χ1n) is 10.1. The molecule has 28 heavy (non-hydrogen) atoms. The summed E-state index contributed by atoms with van der Waals surface area (Å²) in [5, 5.41) is 1.23. The molecular formula is C21H27N3O3S. The minimum atomic E-state index is -0.0470. The lowest BCUT2D eigenvalue weighted by Crippen LogP contribution is -2.55. The number of carbonyl (C=O) groups is 1. The zero-order valence-electron chi connectivity index (χ0n) is 16.5. The van der Waals surface area contributed by atoms with Gasteiger partial charge in [-0.15, -0.1) is 0 Å². The van der Waals surface area contributed by atoms with E-state index in [0.29, 0.717) is 35.0 Å². The van der Waals surface area contributed by atoms with Crippen LogP contribution in [0.5, 0.6) is 0 Å². The second-order valence-corrected chi connectivity index (χ2v) is 8.76. The van der Waals surface area contributed by atoms with Gasteiger partial charge in [-0.1, -0.05) is 36.7 Å². The van der Waals surface area contributed by atoms with E-state index < -0.39 is 0 Å². The predicted molar refractivity (Wildman–Crippen MR) is 111 cm³/mol. The molecule has 4 rings (SSSR count). The van der Waals surface area contributed by atoms with Crippen molar-refractivity contribution in [1.82, 2.24) is 14.5 Å². The Bertz CT molecular complexity index is 925. The molecule has 2 atom stereocenters. The largest absolute Gasteiger partial charge is 0.374 e. The Labute approximate surface area is 169 Å². The van der Waals surface area contributed by atoms with E-state index in [2.05, 4.69) is 4.98 Å². The lowest BCUT2D eigenvalue weighted by atomic mass is 9.90. The number of benzene rings is 1. The number of para-hydroxylation sites is 1. The molecule has 0 N–H and O–H groups in total. The minimum Gasteiger partial charge on any atom is -0.374 e. The zero-order valence-corrected chi connectivity index (χ0v) is 17.3. The topological polar surface area (TPSA) is 64.4 Å². The van der Waals surface area contributed by atoms with Crippen molar-refractivity contribution >= 4 is 28.6 Å². The molecule has 2 fully saturated rings. The molecule has 2 unspecified atom stereocenters. The number of fused-ring (bicyclic) bond motifs is 2. The normalized spacial score (nSPS) is 22.5. The van der Waals surface area contributed by atoms with E-state index in [-0.39, 0.29) is 29.7 Å². The van der Waals surface area contributed by atoms with Crippen LogP contribution in [-0.4, -0.2) is 51.4 Å². The fourth-order valence-electron chi connectivity index (χ4n) is 4.30. The van der Waals surface area contributed by atoms with Crippen molar-refractivity contribution in [3.05, 3.63) is 34.6 Å². The molecule has 1 aromatic heterocycles. The van der Waals surface area contributed by atoms with Gasteiger partial charge in [-0.25, -0.2) is 4.98 Å². The maximum absolute atomic E-state index is 13.0. The molecule has 1 aliphatic carbocycles. The molecule has 0 bridgehead atoms. The van der Waals surface area contributed by atoms with Gasteiger partial charge in [0.2, 0.25) is 5.91 Å². The van der Waals surface area contributed by atoms with Crippen LogP contribution in [0.15, 0.2) is 34.2 Å². The van der Waals surface area contributed by atoms with E-state index in [1.165, 1.54) is 18.2 Å². The Kier molecular flexibility index (Phi) is 5.73. The van der Waals surface area contributed by atoms with Crippen LogP contribution in [-0.2, 0) is 9.53 Å². The first-order chi connectivity index (χ1) is 13.6. The van der Waals surface area contributed by atoms with Gasteiger partial charge >= 0.3 is 0 Å². The number of carbonyl (C=O) groups excluding carboxylic acids is 1. The van der Waals surface area contributed by atoms with Gasteiger partial charge in [-0.2, -0.15) is 0 Å². The second kappa shape index (κ2) is 8.25. The summed E-state index contributed by atoms with van der Waals surface area (Å²) in [6.45, 7) is 5.21. The van der Waals surface area contributed by atoms with Crippen molar-refractivity contribution in [2.75, 3.05) is 18.9 Å². The fourth-order valence-corrected chi connectivity index (χ4v) is 5.31. The van der Waals surface area contributed by atoms with Crippen LogP contribution in [0.1, 0.15) is 45.6 Å². The highest BCUT2D eigenvalue weighted by molar-refractivity contribution is 7.99. The van der Waals surface area contributed by atoms with Gasteiger partial charge in [0.25, 0.3) is 5.56 Å². The van der Waals surface area contributed by atoms with Crippen molar-refractivity contribution in [1.29, 1.82) is 0 Å². The number of nitrogens with zero attached hydrogens (tertiary/aromatic N) is 3. The van der Waals surface area contributed by atoms with E-state index in [9.17, 15) is 9.59 Å². The maximum Gasteiger partial charge on any atom is 0.262 e. The quantitative estimate of drug-likeness (QED) is 0.581. The van der Waals surface area contributed by atoms with E-state index in [1.54, 1.807) is 10.6 Å². The summed E-state index contributed by atoms with van der Waals surface area (Å²) < 4.78 is 7.58. The summed E-state index contributed by atoms with van der Waals surface area (Å²) >= 11 is 1.37. The number of rotatable bonds is 4. The standard InChI is InChI=1S/C21H27N3O3S/c1-14(2)24-20(26)15-7-3-4-8-16(15)22-21(24)28-13-19(25)23-11-12-27-18-10-6-5-9-17(18)23/h3-4,7-8,14,17-18H,5-6,9-13H2,1-2H3. The summed E-state index contributed by atoms with van der Waals surface area (Å²) in [7, 11) is 0. The SMILES string of the molecule is CC(C)n1c(SCC(=O)N2CCOC3CCCCC32)nc2ccccc2c1=O. The van der Waals surface area contributed by atoms with Crippen LogP contribution < -0.4 is 5.56 Å². The minimum absolute atomic E-state index is 0.0201. The summed E-state index contributed by atoms with van der Waals surface area (Å²) in [6, 6.07) is 7.57. The van der Waals surface area contributed by atoms with E-state index in [4.69, 9.17) is 4.74 Å². The lowest BCUT2D eigenvalue weighted by Gasteiger charge is -2.43. The summed E-state index contributed by atoms with van der Waals surface area (Å²) in [5.74, 6) is 0.406. The highest BCUT2D eigenvalue weighted by atomic mass is 32.2. The molecule has 150 valence electrons. The summed E-state index contributed by atoms with van der Waals surface area (Å²) in [4.78, 5) is 32.6. The Morgan fingerprint density at radius 3 is 2.89 bits per heavy atom. The molecule has 1 aromatic carbocycles. The molecule has 7 heteroatoms. The highest BCUT2D eigenvalue weighted by Crippen LogP contribution is 2.29. The van der Waals surface area contributed by atoms with Crippen LogP contribution in [0.4, 0.5) is 0 Å². The monoisotopic (exact) mass is 401 g/mol. The van der Waals surface area contributed by atoms with E-state index in [0.717, 1.165) is 19.3 Å². The van der Waals surface area contributed by atoms with Crippen LogP contribution >= 0.6 is 11.8 Å². The number of amides is 1. The zero-order chi connectivity index (χ0) is 19.7. The molecule has 6 nitrogen and oxygen atoms in total. The number of hydrogen-bond acceptors (Lipinski definition) is 5. The number of ether oxygens (including phenoxy) is 1. The van der Waals surface area contributed by atoms with Gasteiger partial charge in [0.1, 0.15) is 0 Å². The van der Waals surface area contributed by atoms with Crippen LogP contribution in [0.2, 0.25) is 0 Å². The Hall–Kier alpha value is -1.86. The van der Waals surface area contributed by atoms with E-state index in [1.807, 2.05) is 36.9 Å². The average molecular weight is 402 g/mol. The molecule has 0 radical (unpaired) electrons. The Balaban J connectivity index is 1.56. The first-order valence-corrected chi connectivity index (χ1v) is 11.1. The highest BCUT2D eigenvalue weighted by Gasteiger charge is 2.36. The Morgan fingerprint density at radius 1 is 1.29 bits per heavy atom. The molecule has 2 aliphatic rings. The number of aromatic nitrogens is 2. The Morgan fingerprint density at radius 2 is 2.07 bits per heavy atom. The number of thioether (sulfide) groups is 1. The van der Waals surface area contributed by atoms with Crippen molar-refractivity contribution in [2.45, 2.75) is 62.9 Å². The van der Waals surface area contributed by atoms with Gasteiger partial charge in [-0.05, 0) is 38.8 Å². The number of morpholine rings is 1. The van der Waals surface area contributed by atoms with Crippen LogP contribution in [0, 0.1) is 0 Å². The second-order valence-electron chi connectivity index (χ2n) is 7.82. The summed E-state index contributed by atoms with van der Waals surface area (Å²) in [6.07, 6.45) is 4.58. The molecular weight excluding hydrogens is 374 g/mol. The van der Waals surface area contributed by atoms with Gasteiger partial charge in [0.05, 0.1) is 35.4 Å². The van der Waals surface area contributed by atoms with Gasteiger partial charge < -0.3 is 9.64 Å². The van der Waals surface area contributed by atoms with Crippen LogP contribution in [0.25, 0.3) is 10.9 Å². The van der Waals surface area contributed by atoms with Crippen molar-refractivity contribution in [3.8, 4) is 0 Å². The average Bonchev–Trinajstić information content (AvgIpc) is 2.71. The third kappa shape index (κ3) is 3.70. The number of hydrogen-bond donors (Lipinski definition) is 0. The maximum atomic E-state index is 13.0. The molecule has 0 spiro atoms. The third-order valence-electron chi connectivity index (χ3n) is 5.67. The third-order valence-corrected chi connectivity index (χ3v) is 6.61. The molecule has 1 aliphatic heterocycles. The fraction of sp³-hybridized carbons (Fsp3) is 0.571. The predicted octanol–water partition coefficient (Wildman–Crippen LogP) is 3.24. The molecule has 1 saturated heterocycles. The lowest BCUT2D eigenvalue weighted by molar-refractivity contribution is -0.146. The van der Waals surface area contributed by atoms with Gasteiger partial charge in [-0.3, -0.25) is 14.2 Å². The first kappa shape index (κ1) is 19.5. The van der Waals surface area contributed by atoms with E-state index >= 15 is 0 Å². The molecule has 1 amide bonds. The van der Waals surface area contributed by atoms with Gasteiger partial charge in [0, 0.05) is 12.6 Å².